The van der Waals surface area contributed by atoms with Crippen LogP contribution in [0, 0.1) is 0 Å². The monoisotopic (exact) mass is 333 g/mol. The fourth-order valence-electron chi connectivity index (χ4n) is 3.28. The molecule has 1 fully saturated rings. The van der Waals surface area contributed by atoms with Gasteiger partial charge in [0, 0.05) is 34.7 Å². The minimum absolute atomic E-state index is 0.0646. The molecule has 2 aromatic rings. The molecule has 0 bridgehead atoms. The van der Waals surface area contributed by atoms with Crippen LogP contribution in [0.2, 0.25) is 5.02 Å². The third-order valence-electron chi connectivity index (χ3n) is 4.69. The lowest BCUT2D eigenvalue weighted by atomic mass is 10.1. The average Bonchev–Trinajstić information content (AvgIpc) is 2.95. The second-order valence-corrected chi connectivity index (χ2v) is 6.87. The molecule has 1 saturated heterocycles. The molecular weight excluding hydrogens is 310 g/mol. The van der Waals surface area contributed by atoms with Gasteiger partial charge >= 0.3 is 0 Å². The Balaban J connectivity index is 1.55. The van der Waals surface area contributed by atoms with Crippen molar-refractivity contribution in [1.29, 1.82) is 0 Å². The van der Waals surface area contributed by atoms with E-state index in [0.717, 1.165) is 29.6 Å². The number of halogens is 1. The third-order valence-corrected chi connectivity index (χ3v) is 4.92. The Hall–Kier alpha value is -1.52. The molecule has 3 rings (SSSR count). The Labute approximate surface area is 142 Å². The van der Waals surface area contributed by atoms with Crippen LogP contribution in [0.1, 0.15) is 31.7 Å². The lowest BCUT2D eigenvalue weighted by Crippen LogP contribution is -2.44. The number of aromatic amines is 1. The maximum atomic E-state index is 12.2. The fraction of sp³-hybridized carbons (Fsp3) is 0.500. The highest BCUT2D eigenvalue weighted by molar-refractivity contribution is 6.31. The quantitative estimate of drug-likeness (QED) is 0.881. The van der Waals surface area contributed by atoms with E-state index >= 15 is 0 Å². The number of fused-ring (bicyclic) bond motifs is 1. The van der Waals surface area contributed by atoms with E-state index < -0.39 is 0 Å². The summed E-state index contributed by atoms with van der Waals surface area (Å²) in [6.07, 6.45) is 6.16. The maximum Gasteiger partial charge on any atom is 0.224 e. The van der Waals surface area contributed by atoms with Crippen molar-refractivity contribution >= 4 is 28.4 Å². The van der Waals surface area contributed by atoms with E-state index in [-0.39, 0.29) is 5.91 Å². The molecule has 1 unspecified atom stereocenters. The van der Waals surface area contributed by atoms with Crippen molar-refractivity contribution in [1.82, 2.24) is 15.2 Å². The molecule has 2 N–H and O–H groups in total. The van der Waals surface area contributed by atoms with Crippen LogP contribution in [0.4, 0.5) is 0 Å². The Morgan fingerprint density at radius 2 is 2.13 bits per heavy atom. The van der Waals surface area contributed by atoms with Gasteiger partial charge in [0.05, 0.1) is 6.42 Å². The molecule has 4 nitrogen and oxygen atoms in total. The maximum absolute atomic E-state index is 12.2. The van der Waals surface area contributed by atoms with Crippen LogP contribution in [0.15, 0.2) is 24.4 Å². The number of likely N-dealkylation sites (tertiary alicyclic amines) is 1. The third kappa shape index (κ3) is 4.06. The average molecular weight is 334 g/mol. The molecule has 1 aliphatic heterocycles. The minimum atomic E-state index is 0.0646. The highest BCUT2D eigenvalue weighted by Crippen LogP contribution is 2.22. The van der Waals surface area contributed by atoms with E-state index in [1.165, 1.54) is 19.3 Å². The van der Waals surface area contributed by atoms with E-state index in [1.54, 1.807) is 0 Å². The number of rotatable bonds is 5. The van der Waals surface area contributed by atoms with Crippen molar-refractivity contribution in [3.8, 4) is 0 Å². The standard InChI is InChI=1S/C18H24ClN3O/c1-13(22-7-3-2-4-8-22)11-21-18(23)9-14-12-20-17-6-5-15(19)10-16(14)17/h5-6,10,12-13,20H,2-4,7-9,11H2,1H3,(H,21,23). The highest BCUT2D eigenvalue weighted by Gasteiger charge is 2.17. The van der Waals surface area contributed by atoms with Gasteiger partial charge in [0.15, 0.2) is 0 Å². The Morgan fingerprint density at radius 1 is 1.35 bits per heavy atom. The molecule has 1 aromatic carbocycles. The molecule has 5 heteroatoms. The summed E-state index contributed by atoms with van der Waals surface area (Å²) in [7, 11) is 0. The summed E-state index contributed by atoms with van der Waals surface area (Å²) < 4.78 is 0. The van der Waals surface area contributed by atoms with Gasteiger partial charge in [0.2, 0.25) is 5.91 Å². The number of H-pyrrole nitrogens is 1. The van der Waals surface area contributed by atoms with Crippen LogP contribution in [-0.4, -0.2) is 41.5 Å². The van der Waals surface area contributed by atoms with E-state index in [9.17, 15) is 4.79 Å². The van der Waals surface area contributed by atoms with Gasteiger partial charge in [-0.3, -0.25) is 9.69 Å². The van der Waals surface area contributed by atoms with Crippen LogP contribution in [0.25, 0.3) is 10.9 Å². The highest BCUT2D eigenvalue weighted by atomic mass is 35.5. The number of piperidine rings is 1. The number of hydrogen-bond acceptors (Lipinski definition) is 2. The molecular formula is C18H24ClN3O. The summed E-state index contributed by atoms with van der Waals surface area (Å²) in [5.74, 6) is 0.0646. The Kier molecular flexibility index (Phi) is 5.23. The first-order chi connectivity index (χ1) is 11.1. The molecule has 0 radical (unpaired) electrons. The lowest BCUT2D eigenvalue weighted by molar-refractivity contribution is -0.120. The number of benzene rings is 1. The first kappa shape index (κ1) is 16.3. The van der Waals surface area contributed by atoms with Gasteiger partial charge < -0.3 is 10.3 Å². The number of aromatic nitrogens is 1. The van der Waals surface area contributed by atoms with Crippen LogP contribution in [-0.2, 0) is 11.2 Å². The van der Waals surface area contributed by atoms with Gasteiger partial charge in [-0.15, -0.1) is 0 Å². The lowest BCUT2D eigenvalue weighted by Gasteiger charge is -2.32. The summed E-state index contributed by atoms with van der Waals surface area (Å²) >= 11 is 6.05. The van der Waals surface area contributed by atoms with Gasteiger partial charge in [-0.1, -0.05) is 18.0 Å². The number of carbonyl (C=O) groups excluding carboxylic acids is 1. The van der Waals surface area contributed by atoms with E-state index in [4.69, 9.17) is 11.6 Å². The summed E-state index contributed by atoms with van der Waals surface area (Å²) in [4.78, 5) is 17.9. The van der Waals surface area contributed by atoms with Crippen LogP contribution >= 0.6 is 11.6 Å². The summed E-state index contributed by atoms with van der Waals surface area (Å²) in [5.41, 5.74) is 2.00. The van der Waals surface area contributed by atoms with Crippen LogP contribution in [0.5, 0.6) is 0 Å². The largest absolute Gasteiger partial charge is 0.361 e. The first-order valence-corrected chi connectivity index (χ1v) is 8.77. The van der Waals surface area contributed by atoms with Gasteiger partial charge in [-0.25, -0.2) is 0 Å². The van der Waals surface area contributed by atoms with Gasteiger partial charge in [0.1, 0.15) is 0 Å². The first-order valence-electron chi connectivity index (χ1n) is 8.40. The smallest absolute Gasteiger partial charge is 0.224 e. The zero-order valence-electron chi connectivity index (χ0n) is 13.6. The van der Waals surface area contributed by atoms with Gasteiger partial charge in [-0.05, 0) is 56.6 Å². The normalized spacial score (nSPS) is 17.3. The van der Waals surface area contributed by atoms with Crippen molar-refractivity contribution < 1.29 is 4.79 Å². The molecule has 0 saturated carbocycles. The van der Waals surface area contributed by atoms with E-state index in [0.29, 0.717) is 24.0 Å². The summed E-state index contributed by atoms with van der Waals surface area (Å²) in [5, 5.41) is 4.79. The molecule has 1 aliphatic rings. The fourth-order valence-corrected chi connectivity index (χ4v) is 3.45. The van der Waals surface area contributed by atoms with E-state index in [2.05, 4.69) is 22.1 Å². The Morgan fingerprint density at radius 3 is 2.91 bits per heavy atom. The van der Waals surface area contributed by atoms with Crippen molar-refractivity contribution in [2.75, 3.05) is 19.6 Å². The number of carbonyl (C=O) groups is 1. The number of hydrogen-bond donors (Lipinski definition) is 2. The summed E-state index contributed by atoms with van der Waals surface area (Å²) in [6, 6.07) is 6.10. The second-order valence-electron chi connectivity index (χ2n) is 6.43. The van der Waals surface area contributed by atoms with Crippen LogP contribution < -0.4 is 5.32 Å². The topological polar surface area (TPSA) is 48.1 Å². The number of amides is 1. The molecule has 2 heterocycles. The number of nitrogens with one attached hydrogen (secondary N) is 2. The summed E-state index contributed by atoms with van der Waals surface area (Å²) in [6.45, 7) is 5.20. The molecule has 23 heavy (non-hydrogen) atoms. The minimum Gasteiger partial charge on any atom is -0.361 e. The predicted octanol–water partition coefficient (Wildman–Crippen LogP) is 3.35. The van der Waals surface area contributed by atoms with Crippen molar-refractivity contribution in [2.45, 2.75) is 38.6 Å². The second kappa shape index (κ2) is 7.37. The zero-order valence-corrected chi connectivity index (χ0v) is 14.3. The van der Waals surface area contributed by atoms with Gasteiger partial charge in [0.25, 0.3) is 0 Å². The SMILES string of the molecule is CC(CNC(=O)Cc1c[nH]c2ccc(Cl)cc12)N1CCCCC1. The van der Waals surface area contributed by atoms with Gasteiger partial charge in [-0.2, -0.15) is 0 Å². The predicted molar refractivity (Wildman–Crippen MR) is 94.9 cm³/mol. The van der Waals surface area contributed by atoms with Crippen LogP contribution in [0.3, 0.4) is 0 Å². The molecule has 1 atom stereocenters. The molecule has 1 amide bonds. The molecule has 1 aromatic heterocycles. The van der Waals surface area contributed by atoms with E-state index in [1.807, 2.05) is 24.4 Å². The number of nitrogens with zero attached hydrogens (tertiary/aromatic N) is 1. The van der Waals surface area contributed by atoms with Crippen molar-refractivity contribution in [3.63, 3.8) is 0 Å². The Bertz CT molecular complexity index is 676. The zero-order chi connectivity index (χ0) is 16.2. The molecule has 124 valence electrons. The van der Waals surface area contributed by atoms with Crippen molar-refractivity contribution in [3.05, 3.63) is 35.0 Å². The molecule has 0 spiro atoms. The van der Waals surface area contributed by atoms with Crippen molar-refractivity contribution in [2.24, 2.45) is 0 Å². The molecule has 0 aliphatic carbocycles.